The van der Waals surface area contributed by atoms with E-state index in [0.29, 0.717) is 0 Å². The SMILES string of the molecule is CC(C)(Oc1cc(C(=O)OCCS(=O)(=O)O)ccc1F)C1CCc2ccccc21. The number of benzene rings is 2. The number of fused-ring (bicyclic) bond motifs is 1. The van der Waals surface area contributed by atoms with Crippen molar-refractivity contribution in [3.63, 3.8) is 0 Å². The van der Waals surface area contributed by atoms with Gasteiger partial charge < -0.3 is 9.47 Å². The normalized spacial score (nSPS) is 16.3. The van der Waals surface area contributed by atoms with Crippen LogP contribution in [-0.4, -0.2) is 36.9 Å². The summed E-state index contributed by atoms with van der Waals surface area (Å²) in [6, 6.07) is 11.7. The second kappa shape index (κ2) is 8.12. The number of esters is 1. The van der Waals surface area contributed by atoms with Crippen LogP contribution in [0.2, 0.25) is 0 Å². The highest BCUT2D eigenvalue weighted by Crippen LogP contribution is 2.42. The monoisotopic (exact) mass is 422 g/mol. The van der Waals surface area contributed by atoms with E-state index in [4.69, 9.17) is 14.0 Å². The molecule has 1 N–H and O–H groups in total. The third kappa shape index (κ3) is 5.13. The fourth-order valence-corrected chi connectivity index (χ4v) is 3.96. The summed E-state index contributed by atoms with van der Waals surface area (Å²) in [5, 5.41) is 0. The Morgan fingerprint density at radius 1 is 1.24 bits per heavy atom. The van der Waals surface area contributed by atoms with E-state index in [1.54, 1.807) is 0 Å². The molecular weight excluding hydrogens is 399 g/mol. The Balaban J connectivity index is 1.75. The van der Waals surface area contributed by atoms with Crippen molar-refractivity contribution in [2.45, 2.75) is 38.2 Å². The van der Waals surface area contributed by atoms with Gasteiger partial charge >= 0.3 is 5.97 Å². The van der Waals surface area contributed by atoms with E-state index in [-0.39, 0.29) is 17.2 Å². The van der Waals surface area contributed by atoms with Gasteiger partial charge in [-0.15, -0.1) is 0 Å². The van der Waals surface area contributed by atoms with E-state index in [9.17, 15) is 17.6 Å². The number of carbonyl (C=O) groups excluding carboxylic acids is 1. The highest BCUT2D eigenvalue weighted by Gasteiger charge is 2.37. The van der Waals surface area contributed by atoms with Crippen molar-refractivity contribution >= 4 is 16.1 Å². The van der Waals surface area contributed by atoms with Crippen molar-refractivity contribution < 1.29 is 31.6 Å². The molecule has 156 valence electrons. The van der Waals surface area contributed by atoms with E-state index in [2.05, 4.69) is 12.1 Å². The number of rotatable bonds is 7. The summed E-state index contributed by atoms with van der Waals surface area (Å²) >= 11 is 0. The first kappa shape index (κ1) is 21.3. The zero-order valence-corrected chi connectivity index (χ0v) is 17.0. The molecule has 0 amide bonds. The first-order chi connectivity index (χ1) is 13.6. The maximum absolute atomic E-state index is 14.4. The molecule has 0 radical (unpaired) electrons. The summed E-state index contributed by atoms with van der Waals surface area (Å²) in [6.07, 6.45) is 1.81. The number of aryl methyl sites for hydroxylation is 1. The highest BCUT2D eigenvalue weighted by molar-refractivity contribution is 7.85. The van der Waals surface area contributed by atoms with Gasteiger partial charge in [-0.3, -0.25) is 4.55 Å². The predicted molar refractivity (Wildman–Crippen MR) is 105 cm³/mol. The van der Waals surface area contributed by atoms with Crippen molar-refractivity contribution in [1.29, 1.82) is 0 Å². The smallest absolute Gasteiger partial charge is 0.338 e. The number of halogens is 1. The molecule has 3 rings (SSSR count). The lowest BCUT2D eigenvalue weighted by Crippen LogP contribution is -2.35. The van der Waals surface area contributed by atoms with Gasteiger partial charge in [-0.1, -0.05) is 24.3 Å². The molecule has 0 bridgehead atoms. The molecular formula is C21H23FO6S. The largest absolute Gasteiger partial charge is 0.484 e. The second-order valence-electron chi connectivity index (χ2n) is 7.56. The number of hydrogen-bond donors (Lipinski definition) is 1. The van der Waals surface area contributed by atoms with E-state index in [1.165, 1.54) is 23.3 Å². The topological polar surface area (TPSA) is 89.9 Å². The van der Waals surface area contributed by atoms with Gasteiger partial charge in [0.2, 0.25) is 0 Å². The molecule has 0 saturated heterocycles. The van der Waals surface area contributed by atoms with Crippen LogP contribution in [0.15, 0.2) is 42.5 Å². The molecule has 0 aliphatic heterocycles. The molecule has 0 heterocycles. The van der Waals surface area contributed by atoms with Crippen LogP contribution in [0.4, 0.5) is 4.39 Å². The van der Waals surface area contributed by atoms with Crippen molar-refractivity contribution in [2.75, 3.05) is 12.4 Å². The fraction of sp³-hybridized carbons (Fsp3) is 0.381. The Morgan fingerprint density at radius 3 is 2.69 bits per heavy atom. The minimum absolute atomic E-state index is 0.0272. The molecule has 1 unspecified atom stereocenters. The zero-order chi connectivity index (χ0) is 21.2. The molecule has 0 saturated carbocycles. The van der Waals surface area contributed by atoms with Gasteiger partial charge in [-0.05, 0) is 56.0 Å². The van der Waals surface area contributed by atoms with Gasteiger partial charge in [0, 0.05) is 5.92 Å². The maximum atomic E-state index is 14.4. The minimum atomic E-state index is -4.24. The first-order valence-corrected chi connectivity index (χ1v) is 10.9. The number of hydrogen-bond acceptors (Lipinski definition) is 5. The summed E-state index contributed by atoms with van der Waals surface area (Å²) in [7, 11) is -4.24. The van der Waals surface area contributed by atoms with Crippen LogP contribution in [0.25, 0.3) is 0 Å². The summed E-state index contributed by atoms with van der Waals surface area (Å²) in [5.41, 5.74) is 1.74. The Labute approximate surface area is 169 Å². The standard InChI is InChI=1S/C21H23FO6S/c1-21(2,17-9-7-14-5-3-4-6-16(14)17)28-19-13-15(8-10-18(19)22)20(23)27-11-12-29(24,25)26/h3-6,8,10,13,17H,7,9,11-12H2,1-2H3,(H,24,25,26). The lowest BCUT2D eigenvalue weighted by atomic mass is 9.85. The lowest BCUT2D eigenvalue weighted by Gasteiger charge is -2.33. The molecule has 0 aromatic heterocycles. The molecule has 1 aliphatic rings. The van der Waals surface area contributed by atoms with E-state index in [0.717, 1.165) is 18.9 Å². The van der Waals surface area contributed by atoms with Crippen LogP contribution in [0.1, 0.15) is 47.7 Å². The highest BCUT2D eigenvalue weighted by atomic mass is 32.2. The summed E-state index contributed by atoms with van der Waals surface area (Å²) in [4.78, 5) is 12.1. The van der Waals surface area contributed by atoms with Gasteiger partial charge in [0.1, 0.15) is 18.0 Å². The van der Waals surface area contributed by atoms with Gasteiger partial charge in [-0.2, -0.15) is 8.42 Å². The lowest BCUT2D eigenvalue weighted by molar-refractivity contribution is 0.0521. The van der Waals surface area contributed by atoms with Crippen LogP contribution in [0.5, 0.6) is 5.75 Å². The van der Waals surface area contributed by atoms with Crippen molar-refractivity contribution in [2.24, 2.45) is 0 Å². The van der Waals surface area contributed by atoms with E-state index < -0.39 is 39.9 Å². The van der Waals surface area contributed by atoms with Crippen LogP contribution in [-0.2, 0) is 21.3 Å². The summed E-state index contributed by atoms with van der Waals surface area (Å²) in [5.74, 6) is -2.16. The average molecular weight is 422 g/mol. The third-order valence-electron chi connectivity index (χ3n) is 5.09. The molecule has 1 aliphatic carbocycles. The van der Waals surface area contributed by atoms with Crippen LogP contribution < -0.4 is 4.74 Å². The molecule has 2 aromatic rings. The molecule has 0 spiro atoms. The molecule has 6 nitrogen and oxygen atoms in total. The molecule has 29 heavy (non-hydrogen) atoms. The van der Waals surface area contributed by atoms with Gasteiger partial charge in [0.15, 0.2) is 11.6 Å². The quantitative estimate of drug-likeness (QED) is 0.540. The van der Waals surface area contributed by atoms with Gasteiger partial charge in [0.05, 0.1) is 5.56 Å². The molecule has 1 atom stereocenters. The number of carbonyl (C=O) groups is 1. The first-order valence-electron chi connectivity index (χ1n) is 9.25. The Bertz CT molecular complexity index is 1020. The van der Waals surface area contributed by atoms with Gasteiger partial charge in [-0.25, -0.2) is 9.18 Å². The third-order valence-corrected chi connectivity index (χ3v) is 5.77. The molecule has 8 heteroatoms. The zero-order valence-electron chi connectivity index (χ0n) is 16.2. The predicted octanol–water partition coefficient (Wildman–Crippen LogP) is 3.76. The average Bonchev–Trinajstić information content (AvgIpc) is 3.07. The second-order valence-corrected chi connectivity index (χ2v) is 9.13. The van der Waals surface area contributed by atoms with Crippen LogP contribution in [0, 0.1) is 5.82 Å². The minimum Gasteiger partial charge on any atom is -0.484 e. The summed E-state index contributed by atoms with van der Waals surface area (Å²) < 4.78 is 55.3. The summed E-state index contributed by atoms with van der Waals surface area (Å²) in [6.45, 7) is 3.27. The molecule has 0 fully saturated rings. The Hall–Kier alpha value is -2.45. The molecule has 2 aromatic carbocycles. The number of ether oxygens (including phenoxy) is 2. The van der Waals surface area contributed by atoms with Crippen molar-refractivity contribution in [3.8, 4) is 5.75 Å². The van der Waals surface area contributed by atoms with Crippen molar-refractivity contribution in [3.05, 3.63) is 65.0 Å². The fourth-order valence-electron chi connectivity index (χ4n) is 3.67. The van der Waals surface area contributed by atoms with E-state index in [1.807, 2.05) is 26.0 Å². The van der Waals surface area contributed by atoms with Gasteiger partial charge in [0.25, 0.3) is 10.1 Å². The van der Waals surface area contributed by atoms with E-state index >= 15 is 0 Å². The maximum Gasteiger partial charge on any atom is 0.338 e. The van der Waals surface area contributed by atoms with Crippen LogP contribution in [0.3, 0.4) is 0 Å². The Kier molecular flexibility index (Phi) is 5.95. The Morgan fingerprint density at radius 2 is 1.97 bits per heavy atom. The van der Waals surface area contributed by atoms with Crippen LogP contribution >= 0.6 is 0 Å². The van der Waals surface area contributed by atoms with Crippen molar-refractivity contribution in [1.82, 2.24) is 0 Å².